The van der Waals surface area contributed by atoms with Gasteiger partial charge in [-0.05, 0) is 18.6 Å². The fourth-order valence-electron chi connectivity index (χ4n) is 2.09. The van der Waals surface area contributed by atoms with Crippen molar-refractivity contribution in [2.75, 3.05) is 32.8 Å². The van der Waals surface area contributed by atoms with Crippen LogP contribution in [0.2, 0.25) is 0 Å². The molecule has 1 aromatic rings. The molecule has 0 atom stereocenters. The van der Waals surface area contributed by atoms with Crippen LogP contribution in [0.3, 0.4) is 0 Å². The Labute approximate surface area is 124 Å². The number of rotatable bonds is 5. The van der Waals surface area contributed by atoms with Crippen LogP contribution in [0.25, 0.3) is 0 Å². The molecule has 5 nitrogen and oxygen atoms in total. The van der Waals surface area contributed by atoms with Crippen LogP contribution in [0.5, 0.6) is 5.75 Å². The molecule has 0 spiro atoms. The molecule has 0 bridgehead atoms. The number of carbonyl (C=O) groups excluding carboxylic acids is 1. The van der Waals surface area contributed by atoms with Gasteiger partial charge in [0.25, 0.3) is 0 Å². The highest BCUT2D eigenvalue weighted by Gasteiger charge is 2.13. The van der Waals surface area contributed by atoms with Gasteiger partial charge in [-0.15, -0.1) is 0 Å². The quantitative estimate of drug-likeness (QED) is 0.775. The molecule has 0 saturated carbocycles. The van der Waals surface area contributed by atoms with Crippen molar-refractivity contribution in [3.63, 3.8) is 0 Å². The maximum Gasteiger partial charge on any atom is 0.234 e. The Morgan fingerprint density at radius 1 is 1.50 bits per heavy atom. The van der Waals surface area contributed by atoms with Gasteiger partial charge in [-0.1, -0.05) is 24.4 Å². The van der Waals surface area contributed by atoms with Crippen molar-refractivity contribution in [1.82, 2.24) is 10.2 Å². The number of hydrogen-bond donors (Lipinski definition) is 2. The molecular weight excluding hydrogens is 274 g/mol. The maximum atomic E-state index is 11.4. The van der Waals surface area contributed by atoms with Crippen molar-refractivity contribution >= 4 is 23.1 Å². The molecule has 1 aliphatic heterocycles. The van der Waals surface area contributed by atoms with E-state index < -0.39 is 0 Å². The second-order valence-corrected chi connectivity index (χ2v) is 5.16. The minimum absolute atomic E-state index is 0.0815. The van der Waals surface area contributed by atoms with Gasteiger partial charge in [0.05, 0.1) is 6.54 Å². The second-order valence-electron chi connectivity index (χ2n) is 4.72. The van der Waals surface area contributed by atoms with Crippen LogP contribution < -0.4 is 15.8 Å². The van der Waals surface area contributed by atoms with Gasteiger partial charge in [0.1, 0.15) is 17.3 Å². The summed E-state index contributed by atoms with van der Waals surface area (Å²) in [6.07, 6.45) is 0.975. The van der Waals surface area contributed by atoms with Gasteiger partial charge in [0.2, 0.25) is 5.91 Å². The number of carbonyl (C=O) groups is 1. The molecule has 1 aliphatic rings. The molecule has 6 heteroatoms. The smallest absolute Gasteiger partial charge is 0.234 e. The lowest BCUT2D eigenvalue weighted by Crippen LogP contribution is -2.35. The Hall–Kier alpha value is -1.66. The molecule has 0 unspecified atom stereocenters. The molecule has 1 amide bonds. The Kier molecular flexibility index (Phi) is 5.31. The number of amides is 1. The van der Waals surface area contributed by atoms with E-state index in [1.165, 1.54) is 0 Å². The summed E-state index contributed by atoms with van der Waals surface area (Å²) in [7, 11) is 0. The molecule has 3 N–H and O–H groups in total. The first-order valence-corrected chi connectivity index (χ1v) is 7.08. The van der Waals surface area contributed by atoms with Crippen LogP contribution in [0.1, 0.15) is 12.0 Å². The van der Waals surface area contributed by atoms with E-state index in [-0.39, 0.29) is 5.91 Å². The lowest BCUT2D eigenvalue weighted by molar-refractivity contribution is -0.121. The topological polar surface area (TPSA) is 67.6 Å². The predicted molar refractivity (Wildman–Crippen MR) is 81.9 cm³/mol. The fraction of sp³-hybridized carbons (Fsp3) is 0.429. The zero-order valence-electron chi connectivity index (χ0n) is 11.3. The Morgan fingerprint density at radius 2 is 2.35 bits per heavy atom. The second kappa shape index (κ2) is 7.21. The summed E-state index contributed by atoms with van der Waals surface area (Å²) in [5.74, 6) is 0.826. The lowest BCUT2D eigenvalue weighted by Gasteiger charge is -2.18. The van der Waals surface area contributed by atoms with Crippen molar-refractivity contribution < 1.29 is 9.53 Å². The van der Waals surface area contributed by atoms with E-state index in [2.05, 4.69) is 10.2 Å². The number of nitrogens with two attached hydrogens (primary N) is 1. The van der Waals surface area contributed by atoms with Gasteiger partial charge in [-0.2, -0.15) is 0 Å². The summed E-state index contributed by atoms with van der Waals surface area (Å²) in [4.78, 5) is 13.9. The van der Waals surface area contributed by atoms with Crippen LogP contribution >= 0.6 is 12.2 Å². The molecule has 0 aliphatic carbocycles. The van der Waals surface area contributed by atoms with Gasteiger partial charge >= 0.3 is 0 Å². The predicted octanol–water partition coefficient (Wildman–Crippen LogP) is 0.522. The van der Waals surface area contributed by atoms with Crippen molar-refractivity contribution in [3.8, 4) is 5.75 Å². The van der Waals surface area contributed by atoms with Gasteiger partial charge in [0, 0.05) is 25.2 Å². The highest BCUT2D eigenvalue weighted by atomic mass is 32.1. The molecule has 1 heterocycles. The Bertz CT molecular complexity index is 493. The molecular formula is C14H19N3O2S. The van der Waals surface area contributed by atoms with Crippen LogP contribution in [-0.2, 0) is 4.79 Å². The first kappa shape index (κ1) is 14.7. The SMILES string of the molecule is NC(=S)c1cccc(OCCN2CCCNC(=O)C2)c1. The third kappa shape index (κ3) is 4.47. The third-order valence-electron chi connectivity index (χ3n) is 3.14. The zero-order chi connectivity index (χ0) is 14.4. The maximum absolute atomic E-state index is 11.4. The van der Waals surface area contributed by atoms with E-state index in [1.807, 2.05) is 24.3 Å². The Morgan fingerprint density at radius 3 is 3.15 bits per heavy atom. The summed E-state index contributed by atoms with van der Waals surface area (Å²) in [6, 6.07) is 7.42. The minimum Gasteiger partial charge on any atom is -0.492 e. The summed E-state index contributed by atoms with van der Waals surface area (Å²) < 4.78 is 5.69. The van der Waals surface area contributed by atoms with E-state index >= 15 is 0 Å². The number of benzene rings is 1. The number of hydrogen-bond acceptors (Lipinski definition) is 4. The van der Waals surface area contributed by atoms with Gasteiger partial charge in [-0.25, -0.2) is 0 Å². The summed E-state index contributed by atoms with van der Waals surface area (Å²) >= 11 is 4.93. The van der Waals surface area contributed by atoms with Gasteiger partial charge in [0.15, 0.2) is 0 Å². The normalized spacial score (nSPS) is 16.3. The summed E-state index contributed by atoms with van der Waals surface area (Å²) in [6.45, 7) is 3.37. The van der Waals surface area contributed by atoms with Crippen LogP contribution in [0.15, 0.2) is 24.3 Å². The van der Waals surface area contributed by atoms with Crippen LogP contribution in [-0.4, -0.2) is 48.6 Å². The zero-order valence-corrected chi connectivity index (χ0v) is 12.1. The molecule has 1 aromatic carbocycles. The van der Waals surface area contributed by atoms with Crippen LogP contribution in [0, 0.1) is 0 Å². The fourth-order valence-corrected chi connectivity index (χ4v) is 2.22. The molecule has 0 aromatic heterocycles. The van der Waals surface area contributed by atoms with Gasteiger partial charge < -0.3 is 15.8 Å². The Balaban J connectivity index is 1.81. The summed E-state index contributed by atoms with van der Waals surface area (Å²) in [5.41, 5.74) is 6.38. The number of nitrogens with zero attached hydrogens (tertiary/aromatic N) is 1. The highest BCUT2D eigenvalue weighted by molar-refractivity contribution is 7.80. The van der Waals surface area contributed by atoms with Crippen LogP contribution in [0.4, 0.5) is 0 Å². The molecule has 0 radical (unpaired) electrons. The van der Waals surface area contributed by atoms with Crippen molar-refractivity contribution in [1.29, 1.82) is 0 Å². The first-order valence-electron chi connectivity index (χ1n) is 6.67. The molecule has 2 rings (SSSR count). The standard InChI is InChI=1S/C14H19N3O2S/c15-14(20)11-3-1-4-12(9-11)19-8-7-17-6-2-5-16-13(18)10-17/h1,3-4,9H,2,5-8,10H2,(H2,15,20)(H,16,18). The average molecular weight is 293 g/mol. The number of nitrogens with one attached hydrogen (secondary N) is 1. The number of thiocarbonyl (C=S) groups is 1. The monoisotopic (exact) mass is 293 g/mol. The van der Waals surface area contributed by atoms with E-state index in [0.29, 0.717) is 18.1 Å². The molecule has 1 fully saturated rings. The third-order valence-corrected chi connectivity index (χ3v) is 3.37. The minimum atomic E-state index is 0.0815. The van der Waals surface area contributed by atoms with E-state index in [4.69, 9.17) is 22.7 Å². The summed E-state index contributed by atoms with van der Waals surface area (Å²) in [5, 5.41) is 2.85. The lowest BCUT2D eigenvalue weighted by atomic mass is 10.2. The molecule has 108 valence electrons. The number of ether oxygens (including phenoxy) is 1. The van der Waals surface area contributed by atoms with Crippen molar-refractivity contribution in [3.05, 3.63) is 29.8 Å². The highest BCUT2D eigenvalue weighted by Crippen LogP contribution is 2.13. The largest absolute Gasteiger partial charge is 0.492 e. The van der Waals surface area contributed by atoms with Gasteiger partial charge in [-0.3, -0.25) is 9.69 Å². The van der Waals surface area contributed by atoms with Crippen molar-refractivity contribution in [2.45, 2.75) is 6.42 Å². The van der Waals surface area contributed by atoms with E-state index in [0.717, 1.165) is 37.4 Å². The molecule has 20 heavy (non-hydrogen) atoms. The average Bonchev–Trinajstić information content (AvgIpc) is 2.63. The van der Waals surface area contributed by atoms with E-state index in [1.54, 1.807) is 0 Å². The van der Waals surface area contributed by atoms with Crippen molar-refractivity contribution in [2.24, 2.45) is 5.73 Å². The first-order chi connectivity index (χ1) is 9.65. The molecule has 1 saturated heterocycles. The van der Waals surface area contributed by atoms with E-state index in [9.17, 15) is 4.79 Å².